The quantitative estimate of drug-likeness (QED) is 0.799. The van der Waals surface area contributed by atoms with Crippen molar-refractivity contribution in [2.75, 3.05) is 13.1 Å². The van der Waals surface area contributed by atoms with E-state index in [0.29, 0.717) is 15.2 Å². The second-order valence-corrected chi connectivity index (χ2v) is 6.59. The predicted molar refractivity (Wildman–Crippen MR) is 65.3 cm³/mol. The zero-order valence-corrected chi connectivity index (χ0v) is 11.3. The van der Waals surface area contributed by atoms with E-state index in [1.54, 1.807) is 18.4 Å². The van der Waals surface area contributed by atoms with Crippen LogP contribution in [0.15, 0.2) is 20.1 Å². The van der Waals surface area contributed by atoms with Gasteiger partial charge in [0.1, 0.15) is 4.21 Å². The lowest BCUT2D eigenvalue weighted by molar-refractivity contribution is 0.465. The normalized spacial score (nSPS) is 11.6. The maximum Gasteiger partial charge on any atom is 0.254 e. The fraction of sp³-hybridized carbons (Fsp3) is 0.333. The maximum atomic E-state index is 12.0. The van der Waals surface area contributed by atoms with Crippen molar-refractivity contribution in [2.24, 2.45) is 0 Å². The fourth-order valence-corrected chi connectivity index (χ4v) is 4.86. The molecule has 0 N–H and O–H groups in total. The Labute approximate surface area is 102 Å². The minimum Gasteiger partial charge on any atom is -0.206 e. The first-order valence-corrected chi connectivity index (χ1v) is 7.32. The van der Waals surface area contributed by atoms with Gasteiger partial charge in [-0.2, -0.15) is 4.31 Å². The zero-order chi connectivity index (χ0) is 11.5. The van der Waals surface area contributed by atoms with E-state index in [0.717, 1.165) is 0 Å². The predicted octanol–water partition coefficient (Wildman–Crippen LogP) is 2.15. The van der Waals surface area contributed by atoms with Crippen molar-refractivity contribution in [1.29, 1.82) is 0 Å². The third kappa shape index (κ3) is 2.61. The van der Waals surface area contributed by atoms with E-state index in [-0.39, 0.29) is 6.54 Å². The van der Waals surface area contributed by atoms with E-state index in [2.05, 4.69) is 21.9 Å². The highest BCUT2D eigenvalue weighted by atomic mass is 79.9. The summed E-state index contributed by atoms with van der Waals surface area (Å²) in [6, 6.07) is 1.71. The average molecular weight is 308 g/mol. The van der Waals surface area contributed by atoms with E-state index in [1.165, 1.54) is 15.6 Å². The minimum absolute atomic E-state index is 0.100. The summed E-state index contributed by atoms with van der Waals surface area (Å²) in [6.07, 6.45) is 5.13. The smallest absolute Gasteiger partial charge is 0.206 e. The number of hydrogen-bond acceptors (Lipinski definition) is 3. The summed E-state index contributed by atoms with van der Waals surface area (Å²) < 4.78 is 26.3. The van der Waals surface area contributed by atoms with Crippen LogP contribution in [-0.2, 0) is 10.0 Å². The summed E-state index contributed by atoms with van der Waals surface area (Å²) in [5.41, 5.74) is 0. The van der Waals surface area contributed by atoms with E-state index < -0.39 is 10.0 Å². The molecule has 0 saturated carbocycles. The van der Waals surface area contributed by atoms with Gasteiger partial charge in [0.2, 0.25) is 0 Å². The van der Waals surface area contributed by atoms with Crippen molar-refractivity contribution in [2.45, 2.75) is 11.1 Å². The van der Waals surface area contributed by atoms with Gasteiger partial charge < -0.3 is 0 Å². The molecule has 0 spiro atoms. The molecule has 0 amide bonds. The van der Waals surface area contributed by atoms with Gasteiger partial charge in [0.25, 0.3) is 10.0 Å². The molecule has 15 heavy (non-hydrogen) atoms. The molecule has 0 atom stereocenters. The van der Waals surface area contributed by atoms with Crippen molar-refractivity contribution in [3.8, 4) is 12.3 Å². The lowest BCUT2D eigenvalue weighted by Crippen LogP contribution is -2.30. The second-order valence-electron chi connectivity index (χ2n) is 2.69. The molecule has 6 heteroatoms. The molecular weight excluding hydrogens is 298 g/mol. The molecule has 0 aliphatic rings. The number of halogens is 1. The number of sulfonamides is 1. The van der Waals surface area contributed by atoms with Crippen LogP contribution in [0.25, 0.3) is 0 Å². The molecule has 0 saturated heterocycles. The zero-order valence-electron chi connectivity index (χ0n) is 8.10. The molecule has 0 aliphatic heterocycles. The number of rotatable bonds is 4. The van der Waals surface area contributed by atoms with E-state index in [4.69, 9.17) is 6.42 Å². The van der Waals surface area contributed by atoms with Crippen LogP contribution < -0.4 is 0 Å². The highest BCUT2D eigenvalue weighted by Gasteiger charge is 2.25. The van der Waals surface area contributed by atoms with Crippen molar-refractivity contribution in [3.05, 3.63) is 15.9 Å². The minimum atomic E-state index is -3.44. The van der Waals surface area contributed by atoms with Gasteiger partial charge in [-0.15, -0.1) is 17.8 Å². The van der Waals surface area contributed by atoms with Crippen molar-refractivity contribution in [1.82, 2.24) is 4.31 Å². The Morgan fingerprint density at radius 3 is 2.73 bits per heavy atom. The van der Waals surface area contributed by atoms with Crippen molar-refractivity contribution < 1.29 is 8.42 Å². The lowest BCUT2D eigenvalue weighted by atomic mass is 10.6. The molecule has 1 heterocycles. The van der Waals surface area contributed by atoms with E-state index >= 15 is 0 Å². The van der Waals surface area contributed by atoms with Crippen LogP contribution in [0.3, 0.4) is 0 Å². The average Bonchev–Trinajstić information content (AvgIpc) is 2.61. The molecule has 0 unspecified atom stereocenters. The molecule has 1 aromatic rings. The second kappa shape index (κ2) is 5.12. The van der Waals surface area contributed by atoms with Gasteiger partial charge in [-0.3, -0.25) is 0 Å². The van der Waals surface area contributed by atoms with Crippen LogP contribution in [0, 0.1) is 12.3 Å². The molecule has 0 bridgehead atoms. The summed E-state index contributed by atoms with van der Waals surface area (Å²) >= 11 is 4.38. The third-order valence-corrected chi connectivity index (χ3v) is 6.35. The van der Waals surface area contributed by atoms with Gasteiger partial charge in [-0.1, -0.05) is 12.8 Å². The largest absolute Gasteiger partial charge is 0.254 e. The van der Waals surface area contributed by atoms with Gasteiger partial charge in [0.05, 0.1) is 6.54 Å². The molecule has 0 aliphatic carbocycles. The third-order valence-electron chi connectivity index (χ3n) is 1.78. The number of terminal acetylenes is 1. The van der Waals surface area contributed by atoms with Gasteiger partial charge in [0, 0.05) is 11.0 Å². The summed E-state index contributed by atoms with van der Waals surface area (Å²) in [4.78, 5) is 0. The molecule has 0 radical (unpaired) electrons. The first-order valence-electron chi connectivity index (χ1n) is 4.20. The van der Waals surface area contributed by atoms with Crippen LogP contribution in [0.1, 0.15) is 6.92 Å². The van der Waals surface area contributed by atoms with Gasteiger partial charge in [0.15, 0.2) is 0 Å². The molecule has 3 nitrogen and oxygen atoms in total. The Bertz CT molecular complexity index is 473. The fourth-order valence-electron chi connectivity index (χ4n) is 1.05. The molecule has 1 aromatic heterocycles. The maximum absolute atomic E-state index is 12.0. The SMILES string of the molecule is C#CCN(CC)S(=O)(=O)c1sccc1Br. The highest BCUT2D eigenvalue weighted by molar-refractivity contribution is 9.10. The van der Waals surface area contributed by atoms with Crippen LogP contribution in [0.5, 0.6) is 0 Å². The van der Waals surface area contributed by atoms with E-state index in [9.17, 15) is 8.42 Å². The van der Waals surface area contributed by atoms with Gasteiger partial charge in [-0.05, 0) is 27.4 Å². The number of hydrogen-bond donors (Lipinski definition) is 0. The summed E-state index contributed by atoms with van der Waals surface area (Å²) in [5.74, 6) is 2.34. The standard InChI is InChI=1S/C9H10BrNO2S2/c1-3-6-11(4-2)15(12,13)9-8(10)5-7-14-9/h1,5,7H,4,6H2,2H3. The Hall–Kier alpha value is -0.350. The Morgan fingerprint density at radius 1 is 1.67 bits per heavy atom. The Morgan fingerprint density at radius 2 is 2.33 bits per heavy atom. The first-order chi connectivity index (χ1) is 7.04. The molecule has 1 rings (SSSR count). The highest BCUT2D eigenvalue weighted by Crippen LogP contribution is 2.29. The van der Waals surface area contributed by atoms with Gasteiger partial charge >= 0.3 is 0 Å². The van der Waals surface area contributed by atoms with Gasteiger partial charge in [-0.25, -0.2) is 8.42 Å². The van der Waals surface area contributed by atoms with Crippen LogP contribution >= 0.6 is 27.3 Å². The number of thiophene rings is 1. The van der Waals surface area contributed by atoms with Crippen molar-refractivity contribution in [3.63, 3.8) is 0 Å². The summed E-state index contributed by atoms with van der Waals surface area (Å²) in [6.45, 7) is 2.23. The first kappa shape index (κ1) is 12.7. The van der Waals surface area contributed by atoms with Crippen LogP contribution in [0.2, 0.25) is 0 Å². The van der Waals surface area contributed by atoms with E-state index in [1.807, 2.05) is 0 Å². The molecular formula is C9H10BrNO2S2. The summed E-state index contributed by atoms with van der Waals surface area (Å²) in [7, 11) is -3.44. The topological polar surface area (TPSA) is 37.4 Å². The molecule has 0 aromatic carbocycles. The molecule has 82 valence electrons. The summed E-state index contributed by atoms with van der Waals surface area (Å²) in [5, 5.41) is 1.72. The Kier molecular flexibility index (Phi) is 4.34. The monoisotopic (exact) mass is 307 g/mol. The lowest BCUT2D eigenvalue weighted by Gasteiger charge is -2.16. The van der Waals surface area contributed by atoms with Crippen LogP contribution in [0.4, 0.5) is 0 Å². The molecule has 0 fully saturated rings. The Balaban J connectivity index is 3.13. The number of nitrogens with zero attached hydrogens (tertiary/aromatic N) is 1. The van der Waals surface area contributed by atoms with Crippen LogP contribution in [-0.4, -0.2) is 25.8 Å². The van der Waals surface area contributed by atoms with Crippen molar-refractivity contribution >= 4 is 37.3 Å².